The molecule has 0 bridgehead atoms. The fourth-order valence-corrected chi connectivity index (χ4v) is 3.29. The first-order chi connectivity index (χ1) is 14.3. The summed E-state index contributed by atoms with van der Waals surface area (Å²) in [5, 5.41) is 20.9. The fraction of sp³-hybridized carbons (Fsp3) is 0.304. The van der Waals surface area contributed by atoms with Gasteiger partial charge in [0.05, 0.1) is 11.6 Å². The van der Waals surface area contributed by atoms with Crippen LogP contribution in [0.4, 0.5) is 5.69 Å². The number of carbonyl (C=O) groups excluding carboxylic acids is 2. The summed E-state index contributed by atoms with van der Waals surface area (Å²) in [5.41, 5.74) is 3.67. The van der Waals surface area contributed by atoms with Crippen molar-refractivity contribution < 1.29 is 14.3 Å². The molecular weight excluding hydrogens is 380 g/mol. The number of hydrogen-bond acceptors (Lipinski definition) is 5. The van der Waals surface area contributed by atoms with Crippen molar-refractivity contribution in [3.05, 3.63) is 58.4 Å². The van der Waals surface area contributed by atoms with Gasteiger partial charge in [0.2, 0.25) is 0 Å². The van der Waals surface area contributed by atoms with E-state index in [1.165, 1.54) is 13.0 Å². The lowest BCUT2D eigenvalue weighted by atomic mass is 10.1. The maximum absolute atomic E-state index is 12.4. The Morgan fingerprint density at radius 2 is 1.90 bits per heavy atom. The number of aromatic nitrogens is 1. The van der Waals surface area contributed by atoms with Gasteiger partial charge in [-0.2, -0.15) is 10.5 Å². The minimum Gasteiger partial charge on any atom is -0.448 e. The summed E-state index contributed by atoms with van der Waals surface area (Å²) in [4.78, 5) is 24.7. The molecule has 1 aromatic heterocycles. The van der Waals surface area contributed by atoms with Crippen molar-refractivity contribution in [1.29, 1.82) is 10.5 Å². The molecule has 1 aliphatic carbocycles. The molecule has 1 atom stereocenters. The number of nitrogens with zero attached hydrogens (tertiary/aromatic N) is 3. The number of hydrogen-bond donors (Lipinski definition) is 1. The van der Waals surface area contributed by atoms with Crippen molar-refractivity contribution >= 4 is 23.6 Å². The molecule has 1 saturated carbocycles. The van der Waals surface area contributed by atoms with Gasteiger partial charge in [-0.05, 0) is 75.6 Å². The van der Waals surface area contributed by atoms with Gasteiger partial charge in [-0.25, -0.2) is 4.79 Å². The topological polar surface area (TPSA) is 108 Å². The highest BCUT2D eigenvalue weighted by atomic mass is 16.5. The molecule has 152 valence electrons. The van der Waals surface area contributed by atoms with Crippen LogP contribution >= 0.6 is 0 Å². The molecule has 7 nitrogen and oxygen atoms in total. The van der Waals surface area contributed by atoms with Crippen LogP contribution in [-0.2, 0) is 14.3 Å². The molecule has 0 radical (unpaired) electrons. The van der Waals surface area contributed by atoms with Gasteiger partial charge < -0.3 is 14.6 Å². The number of benzene rings is 1. The second-order valence-electron chi connectivity index (χ2n) is 7.32. The molecule has 1 aromatic carbocycles. The van der Waals surface area contributed by atoms with Crippen LogP contribution in [0.3, 0.4) is 0 Å². The quantitative estimate of drug-likeness (QED) is 0.449. The third-order valence-corrected chi connectivity index (χ3v) is 5.01. The molecule has 1 amide bonds. The van der Waals surface area contributed by atoms with Crippen molar-refractivity contribution in [3.63, 3.8) is 0 Å². The van der Waals surface area contributed by atoms with E-state index < -0.39 is 18.0 Å². The highest BCUT2D eigenvalue weighted by molar-refractivity contribution is 6.01. The van der Waals surface area contributed by atoms with E-state index in [0.717, 1.165) is 29.8 Å². The summed E-state index contributed by atoms with van der Waals surface area (Å²) in [6.07, 6.45) is 2.69. The molecule has 3 rings (SSSR count). The van der Waals surface area contributed by atoms with Crippen molar-refractivity contribution in [2.45, 2.75) is 45.8 Å². The van der Waals surface area contributed by atoms with Crippen molar-refractivity contribution in [3.8, 4) is 12.1 Å². The van der Waals surface area contributed by atoms with Gasteiger partial charge >= 0.3 is 5.97 Å². The Kier molecular flexibility index (Phi) is 6.03. The van der Waals surface area contributed by atoms with Crippen LogP contribution < -0.4 is 5.32 Å². The van der Waals surface area contributed by atoms with Crippen LogP contribution in [0, 0.1) is 36.5 Å². The summed E-state index contributed by atoms with van der Waals surface area (Å²) < 4.78 is 7.41. The number of esters is 1. The van der Waals surface area contributed by atoms with Crippen LogP contribution in [0.2, 0.25) is 0 Å². The Bertz CT molecular complexity index is 1090. The van der Waals surface area contributed by atoms with Crippen molar-refractivity contribution in [2.24, 2.45) is 0 Å². The lowest BCUT2D eigenvalue weighted by Crippen LogP contribution is -2.30. The average Bonchev–Trinajstić information content (AvgIpc) is 3.52. The van der Waals surface area contributed by atoms with E-state index in [9.17, 15) is 14.9 Å². The first kappa shape index (κ1) is 20.9. The Balaban J connectivity index is 1.67. The molecular formula is C23H22N4O3. The first-order valence-corrected chi connectivity index (χ1v) is 9.66. The third-order valence-electron chi connectivity index (χ3n) is 5.01. The Labute approximate surface area is 175 Å². The predicted molar refractivity (Wildman–Crippen MR) is 111 cm³/mol. The lowest BCUT2D eigenvalue weighted by molar-refractivity contribution is -0.148. The van der Waals surface area contributed by atoms with E-state index >= 15 is 0 Å². The second kappa shape index (κ2) is 8.67. The maximum atomic E-state index is 12.4. The monoisotopic (exact) mass is 402 g/mol. The van der Waals surface area contributed by atoms with E-state index in [1.807, 2.05) is 32.1 Å². The zero-order valence-corrected chi connectivity index (χ0v) is 17.1. The Morgan fingerprint density at radius 1 is 1.23 bits per heavy atom. The molecule has 1 N–H and O–H groups in total. The average molecular weight is 402 g/mol. The standard InChI is InChI=1S/C23H22N4O3/c1-14-10-18(15(2)27(14)21-8-9-21)11-19(13-25)23(29)30-16(3)22(28)26-20-6-4-17(12-24)5-7-20/h4-7,10-11,16,21H,8-9H2,1-3H3,(H,26,28)/b19-11+/t16-/m1/s1. The number of nitriles is 2. The van der Waals surface area contributed by atoms with E-state index in [0.29, 0.717) is 17.3 Å². The van der Waals surface area contributed by atoms with Crippen LogP contribution in [0.5, 0.6) is 0 Å². The van der Waals surface area contributed by atoms with Crippen LogP contribution in [-0.4, -0.2) is 22.5 Å². The predicted octanol–water partition coefficient (Wildman–Crippen LogP) is 3.79. The molecule has 0 saturated heterocycles. The fourth-order valence-electron chi connectivity index (χ4n) is 3.29. The van der Waals surface area contributed by atoms with Gasteiger partial charge in [0.15, 0.2) is 6.10 Å². The minimum absolute atomic E-state index is 0.163. The molecule has 7 heteroatoms. The van der Waals surface area contributed by atoms with E-state index in [4.69, 9.17) is 10.00 Å². The van der Waals surface area contributed by atoms with Crippen molar-refractivity contribution in [2.75, 3.05) is 5.32 Å². The number of carbonyl (C=O) groups is 2. The minimum atomic E-state index is -1.09. The van der Waals surface area contributed by atoms with E-state index in [2.05, 4.69) is 9.88 Å². The third kappa shape index (κ3) is 4.59. The Hall–Kier alpha value is -3.84. The molecule has 0 unspecified atom stereocenters. The molecule has 30 heavy (non-hydrogen) atoms. The van der Waals surface area contributed by atoms with Crippen LogP contribution in [0.1, 0.15) is 48.3 Å². The van der Waals surface area contributed by atoms with E-state index in [-0.39, 0.29) is 5.57 Å². The van der Waals surface area contributed by atoms with Gasteiger partial charge in [0, 0.05) is 23.1 Å². The van der Waals surface area contributed by atoms with Crippen molar-refractivity contribution in [1.82, 2.24) is 4.57 Å². The number of anilines is 1. The highest BCUT2D eigenvalue weighted by Gasteiger charge is 2.27. The van der Waals surface area contributed by atoms with Crippen LogP contribution in [0.25, 0.3) is 6.08 Å². The summed E-state index contributed by atoms with van der Waals surface area (Å²) in [5.74, 6) is -1.38. The number of rotatable bonds is 6. The first-order valence-electron chi connectivity index (χ1n) is 9.66. The SMILES string of the molecule is Cc1cc(/C=C(\C#N)C(=O)O[C@H](C)C(=O)Nc2ccc(C#N)cc2)c(C)n1C1CC1. The zero-order chi connectivity index (χ0) is 21.8. The van der Waals surface area contributed by atoms with Gasteiger partial charge in [0.25, 0.3) is 5.91 Å². The summed E-state index contributed by atoms with van der Waals surface area (Å²) in [6, 6.07) is 12.6. The molecule has 2 aromatic rings. The van der Waals surface area contributed by atoms with Crippen LogP contribution in [0.15, 0.2) is 35.9 Å². The smallest absolute Gasteiger partial charge is 0.349 e. The molecule has 0 aliphatic heterocycles. The lowest BCUT2D eigenvalue weighted by Gasteiger charge is -2.13. The zero-order valence-electron chi connectivity index (χ0n) is 17.1. The van der Waals surface area contributed by atoms with Gasteiger partial charge in [0.1, 0.15) is 11.6 Å². The molecule has 1 heterocycles. The number of ether oxygens (including phenoxy) is 1. The summed E-state index contributed by atoms with van der Waals surface area (Å²) in [7, 11) is 0. The number of amides is 1. The Morgan fingerprint density at radius 3 is 2.47 bits per heavy atom. The van der Waals surface area contributed by atoms with Gasteiger partial charge in [-0.15, -0.1) is 0 Å². The van der Waals surface area contributed by atoms with Gasteiger partial charge in [-0.1, -0.05) is 0 Å². The highest BCUT2D eigenvalue weighted by Crippen LogP contribution is 2.38. The number of nitrogens with one attached hydrogen (secondary N) is 1. The molecule has 1 aliphatic rings. The summed E-state index contributed by atoms with van der Waals surface area (Å²) in [6.45, 7) is 5.40. The van der Waals surface area contributed by atoms with E-state index in [1.54, 1.807) is 24.3 Å². The molecule has 0 spiro atoms. The summed E-state index contributed by atoms with van der Waals surface area (Å²) >= 11 is 0. The largest absolute Gasteiger partial charge is 0.448 e. The normalized spacial score (nSPS) is 14.4. The number of aryl methyl sites for hydroxylation is 1. The molecule has 1 fully saturated rings. The second-order valence-corrected chi connectivity index (χ2v) is 7.32. The van der Waals surface area contributed by atoms with Gasteiger partial charge in [-0.3, -0.25) is 4.79 Å². The maximum Gasteiger partial charge on any atom is 0.349 e.